The molecule has 7 N–H and O–H groups in total. The van der Waals surface area contributed by atoms with Crippen molar-refractivity contribution in [3.63, 3.8) is 0 Å². The predicted octanol–water partition coefficient (Wildman–Crippen LogP) is 1.06. The Labute approximate surface area is 260 Å². The number of fused-ring (bicyclic) bond motifs is 5. The van der Waals surface area contributed by atoms with E-state index in [1.807, 2.05) is 0 Å². The molecular weight excluding hydrogens is 684 g/mol. The number of halogens is 2. The fourth-order valence-electron chi connectivity index (χ4n) is 5.46. The molecule has 45 heavy (non-hydrogen) atoms. The Morgan fingerprint density at radius 3 is 2.38 bits per heavy atom. The Bertz CT molecular complexity index is 1950. The summed E-state index contributed by atoms with van der Waals surface area (Å²) in [5.41, 5.74) is 11.5. The summed E-state index contributed by atoms with van der Waals surface area (Å²) in [6.07, 6.45) is -8.77. The third-order valence-corrected chi connectivity index (χ3v) is 10.6. The van der Waals surface area contributed by atoms with Crippen LogP contribution < -0.4 is 17.0 Å². The van der Waals surface area contributed by atoms with Gasteiger partial charge in [-0.05, 0) is 35.7 Å². The lowest BCUT2D eigenvalue weighted by atomic mass is 10.1. The van der Waals surface area contributed by atoms with Gasteiger partial charge in [-0.3, -0.25) is 23.4 Å². The number of rotatable bonds is 2. The fraction of sp³-hybridized carbons (Fsp3) is 0.455. The first kappa shape index (κ1) is 31.1. The number of imidazole rings is 1. The molecule has 7 rings (SSSR count). The molecule has 23 heteroatoms. The number of nitrogen functional groups attached to an aromatic ring is 2. The summed E-state index contributed by atoms with van der Waals surface area (Å²) in [5, 5.41) is 0.543. The second-order valence-corrected chi connectivity index (χ2v) is 15.9. The summed E-state index contributed by atoms with van der Waals surface area (Å²) in [7, 11) is 0. The third kappa shape index (κ3) is 5.60. The molecule has 7 heterocycles. The van der Waals surface area contributed by atoms with Gasteiger partial charge >= 0.3 is 13.4 Å². The van der Waals surface area contributed by atoms with Gasteiger partial charge in [-0.15, -0.1) is 0 Å². The largest absolute Gasteiger partial charge is 0.398 e. The third-order valence-electron chi connectivity index (χ3n) is 7.49. The quantitative estimate of drug-likeness (QED) is 0.183. The number of aromatic amines is 1. The summed E-state index contributed by atoms with van der Waals surface area (Å²) < 4.78 is 68.3. The van der Waals surface area contributed by atoms with Gasteiger partial charge in [0.15, 0.2) is 36.0 Å². The second-order valence-electron chi connectivity index (χ2n) is 10.3. The lowest BCUT2D eigenvalue weighted by Crippen LogP contribution is -2.34. The molecule has 3 fully saturated rings. The summed E-state index contributed by atoms with van der Waals surface area (Å²) in [5.74, 6) is -0.250. The van der Waals surface area contributed by atoms with Crippen molar-refractivity contribution in [1.29, 1.82) is 0 Å². The summed E-state index contributed by atoms with van der Waals surface area (Å²) >= 11 is 10.3. The SMILES string of the molecule is Nc1nc2c(ncn2[C@@H]2O[C@@H]3COP(O)(=S)O[C@H]4[C@H](F)[C@H](n5ccc6c(N)ccnc65)O[C@@H]4COP(O)(=S)O[C@@H]2[C@H]3F)c(=O)[nH]1. The van der Waals surface area contributed by atoms with Crippen molar-refractivity contribution in [2.75, 3.05) is 24.7 Å². The van der Waals surface area contributed by atoms with Gasteiger partial charge in [0.05, 0.1) is 19.5 Å². The zero-order valence-corrected chi connectivity index (χ0v) is 26.0. The van der Waals surface area contributed by atoms with E-state index in [1.165, 1.54) is 21.5 Å². The number of nitrogens with one attached hydrogen (secondary N) is 1. The van der Waals surface area contributed by atoms with Crippen LogP contribution in [0.5, 0.6) is 0 Å². The summed E-state index contributed by atoms with van der Waals surface area (Å²) in [6.45, 7) is -9.93. The van der Waals surface area contributed by atoms with Crippen LogP contribution in [0.1, 0.15) is 12.5 Å². The lowest BCUT2D eigenvalue weighted by Gasteiger charge is -2.27. The summed E-state index contributed by atoms with van der Waals surface area (Å²) in [6, 6.07) is 3.21. The van der Waals surface area contributed by atoms with Gasteiger partial charge in [0.25, 0.3) is 5.56 Å². The van der Waals surface area contributed by atoms with Crippen molar-refractivity contribution in [3.05, 3.63) is 41.2 Å². The van der Waals surface area contributed by atoms with Gasteiger partial charge in [0.1, 0.15) is 30.1 Å². The van der Waals surface area contributed by atoms with Crippen LogP contribution in [0.15, 0.2) is 35.6 Å². The van der Waals surface area contributed by atoms with Crippen LogP contribution in [0.2, 0.25) is 0 Å². The van der Waals surface area contributed by atoms with Gasteiger partial charge in [-0.2, -0.15) is 4.98 Å². The minimum atomic E-state index is -4.33. The Morgan fingerprint density at radius 1 is 0.933 bits per heavy atom. The van der Waals surface area contributed by atoms with Crippen LogP contribution in [0.3, 0.4) is 0 Å². The average Bonchev–Trinajstić information content (AvgIpc) is 3.72. The number of hydrogen-bond donors (Lipinski definition) is 5. The van der Waals surface area contributed by atoms with Crippen molar-refractivity contribution in [2.45, 2.75) is 49.2 Å². The molecule has 0 saturated carbocycles. The predicted molar refractivity (Wildman–Crippen MR) is 159 cm³/mol. The maximum Gasteiger partial charge on any atom is 0.325 e. The van der Waals surface area contributed by atoms with E-state index >= 15 is 8.78 Å². The second kappa shape index (κ2) is 11.3. The van der Waals surface area contributed by atoms with Crippen LogP contribution in [0.4, 0.5) is 20.4 Å². The molecule has 0 amide bonds. The average molecular weight is 709 g/mol. The first-order chi connectivity index (χ1) is 21.3. The van der Waals surface area contributed by atoms with E-state index in [0.29, 0.717) is 16.7 Å². The molecule has 0 aliphatic carbocycles. The maximum atomic E-state index is 16.0. The standard InChI is InChI=1S/C22H24F2N8O9P2S2/c23-12-10-5-36-42(34,44)40-15-11(39-20(13(15)24)31-4-2-8-9(25)1-3-27-17(8)31)6-37-43(35,45)41-16(12)21(38-10)32-7-28-14-18(32)29-22(26)30-19(14)33/h1-4,7,10-13,15-16,20-21H,5-6H2,(H2,25,27)(H,34,44)(H,35,45)(H3,26,29,30,33)/t10-,11-,12+,13+,15-,16-,20-,21-,42?,43?/m1/s1. The number of hydrogen-bond acceptors (Lipinski definition) is 14. The Morgan fingerprint density at radius 2 is 1.62 bits per heavy atom. The number of nitrogens with zero attached hydrogens (tertiary/aromatic N) is 5. The summed E-state index contributed by atoms with van der Waals surface area (Å²) in [4.78, 5) is 48.8. The number of nitrogens with two attached hydrogens (primary N) is 2. The molecule has 10 atom stereocenters. The highest BCUT2D eigenvalue weighted by Crippen LogP contribution is 2.54. The molecule has 4 aromatic heterocycles. The molecular formula is C22H24F2N8O9P2S2. The van der Waals surface area contributed by atoms with Crippen LogP contribution in [-0.2, 0) is 51.2 Å². The van der Waals surface area contributed by atoms with Crippen LogP contribution in [0.25, 0.3) is 22.2 Å². The first-order valence-corrected chi connectivity index (χ1v) is 18.3. The van der Waals surface area contributed by atoms with E-state index in [4.69, 9.17) is 62.6 Å². The molecule has 0 radical (unpaired) electrons. The number of ether oxygens (including phenoxy) is 2. The Hall–Kier alpha value is -2.52. The minimum absolute atomic E-state index is 0.0801. The van der Waals surface area contributed by atoms with E-state index in [9.17, 15) is 14.6 Å². The van der Waals surface area contributed by atoms with Gasteiger partial charge in [0, 0.05) is 23.5 Å². The first-order valence-electron chi connectivity index (χ1n) is 13.2. The molecule has 2 bridgehead atoms. The molecule has 242 valence electrons. The number of anilines is 2. The minimum Gasteiger partial charge on any atom is -0.398 e. The smallest absolute Gasteiger partial charge is 0.325 e. The van der Waals surface area contributed by atoms with E-state index in [2.05, 4.69) is 19.9 Å². The number of aromatic nitrogens is 6. The van der Waals surface area contributed by atoms with Gasteiger partial charge in [-0.25, -0.2) is 18.7 Å². The Balaban J connectivity index is 1.21. The number of H-pyrrole nitrogens is 1. The van der Waals surface area contributed by atoms with E-state index in [0.717, 1.165) is 6.33 Å². The van der Waals surface area contributed by atoms with Crippen molar-refractivity contribution >= 4 is 70.9 Å². The van der Waals surface area contributed by atoms with Gasteiger partial charge in [0.2, 0.25) is 5.95 Å². The van der Waals surface area contributed by atoms with Gasteiger partial charge in [-0.1, -0.05) is 0 Å². The number of pyridine rings is 1. The number of alkyl halides is 2. The molecule has 3 aliphatic rings. The molecule has 2 unspecified atom stereocenters. The Kier molecular flexibility index (Phi) is 7.82. The molecule has 0 spiro atoms. The molecule has 3 aliphatic heterocycles. The maximum absolute atomic E-state index is 16.0. The molecule has 0 aromatic carbocycles. The highest BCUT2D eigenvalue weighted by atomic mass is 32.5. The van der Waals surface area contributed by atoms with Crippen LogP contribution in [0, 0.1) is 0 Å². The van der Waals surface area contributed by atoms with Crippen LogP contribution >= 0.6 is 13.4 Å². The highest BCUT2D eigenvalue weighted by Gasteiger charge is 2.53. The van der Waals surface area contributed by atoms with Crippen molar-refractivity contribution in [3.8, 4) is 0 Å². The van der Waals surface area contributed by atoms with E-state index in [-0.39, 0.29) is 17.1 Å². The van der Waals surface area contributed by atoms with Gasteiger partial charge < -0.3 is 44.3 Å². The van der Waals surface area contributed by atoms with Crippen molar-refractivity contribution in [1.82, 2.24) is 29.1 Å². The van der Waals surface area contributed by atoms with Crippen LogP contribution in [-0.4, -0.2) is 88.8 Å². The normalized spacial score (nSPS) is 37.7. The molecule has 17 nitrogen and oxygen atoms in total. The zero-order chi connectivity index (χ0) is 31.8. The van der Waals surface area contributed by atoms with E-state index in [1.54, 1.807) is 12.1 Å². The lowest BCUT2D eigenvalue weighted by molar-refractivity contribution is -0.0598. The fourth-order valence-corrected chi connectivity index (χ4v) is 8.30. The van der Waals surface area contributed by atoms with Crippen molar-refractivity contribution < 1.29 is 46.1 Å². The topological polar surface area (TPSA) is 229 Å². The van der Waals surface area contributed by atoms with Crippen molar-refractivity contribution in [2.24, 2.45) is 0 Å². The monoisotopic (exact) mass is 708 g/mol. The zero-order valence-electron chi connectivity index (χ0n) is 22.5. The highest BCUT2D eigenvalue weighted by molar-refractivity contribution is 8.07. The van der Waals surface area contributed by atoms with E-state index < -0.39 is 81.4 Å². The molecule has 3 saturated heterocycles. The molecule has 4 aromatic rings.